The molecule has 5 rings (SSSR count). The van der Waals surface area contributed by atoms with Gasteiger partial charge in [0.2, 0.25) is 0 Å². The van der Waals surface area contributed by atoms with Gasteiger partial charge in [0.05, 0.1) is 18.0 Å². The van der Waals surface area contributed by atoms with Crippen molar-refractivity contribution < 1.29 is 19.4 Å². The summed E-state index contributed by atoms with van der Waals surface area (Å²) in [6, 6.07) is 15.8. The average molecular weight is 501 g/mol. The first-order chi connectivity index (χ1) is 17.7. The maximum absolute atomic E-state index is 12.8. The van der Waals surface area contributed by atoms with E-state index in [9.17, 15) is 14.7 Å². The number of nitrogens with one attached hydrogen (secondary N) is 1. The van der Waals surface area contributed by atoms with Crippen LogP contribution in [0.2, 0.25) is 0 Å². The zero-order chi connectivity index (χ0) is 26.3. The molecule has 2 aromatic heterocycles. The van der Waals surface area contributed by atoms with E-state index in [1.54, 1.807) is 7.11 Å². The van der Waals surface area contributed by atoms with E-state index in [1.165, 1.54) is 12.3 Å². The van der Waals surface area contributed by atoms with Gasteiger partial charge < -0.3 is 24.1 Å². The van der Waals surface area contributed by atoms with Crippen molar-refractivity contribution in [3.63, 3.8) is 0 Å². The summed E-state index contributed by atoms with van der Waals surface area (Å²) in [4.78, 5) is 28.1. The molecule has 37 heavy (non-hydrogen) atoms. The summed E-state index contributed by atoms with van der Waals surface area (Å²) in [7, 11) is 1.68. The largest absolute Gasteiger partial charge is 0.493 e. The maximum atomic E-state index is 12.8. The number of nitrogens with zero attached hydrogens (tertiary/aromatic N) is 1. The van der Waals surface area contributed by atoms with Crippen molar-refractivity contribution in [1.29, 1.82) is 0 Å². The van der Waals surface area contributed by atoms with Crippen LogP contribution in [0.3, 0.4) is 0 Å². The zero-order valence-corrected chi connectivity index (χ0v) is 21.6. The molecular weight excluding hydrogens is 468 g/mol. The molecule has 2 aromatic carbocycles. The number of carboxylic acids is 1. The minimum absolute atomic E-state index is 0.0334. The maximum Gasteiger partial charge on any atom is 0.341 e. The number of fused-ring (bicyclic) bond motifs is 4. The Hall–Kier alpha value is -3.84. The fourth-order valence-corrected chi connectivity index (χ4v) is 5.18. The van der Waals surface area contributed by atoms with Crippen LogP contribution in [0, 0.1) is 5.41 Å². The SMILES string of the molecule is COCCCOc1cc2c(cc1-c1cc3ccccc3[nH]1)-c1cc(=O)c(C(=O)O)cn1[C@H](C(C)(C)C)C2. The number of carboxylic acid groups (broad SMARTS) is 1. The van der Waals surface area contributed by atoms with Gasteiger partial charge in [-0.2, -0.15) is 0 Å². The van der Waals surface area contributed by atoms with Gasteiger partial charge in [-0.15, -0.1) is 0 Å². The first-order valence-corrected chi connectivity index (χ1v) is 12.5. The van der Waals surface area contributed by atoms with Crippen molar-refractivity contribution in [2.24, 2.45) is 5.41 Å². The lowest BCUT2D eigenvalue weighted by Crippen LogP contribution is -2.32. The molecule has 7 nitrogen and oxygen atoms in total. The molecule has 1 aliphatic rings. The van der Waals surface area contributed by atoms with Crippen molar-refractivity contribution in [2.75, 3.05) is 20.3 Å². The highest BCUT2D eigenvalue weighted by Gasteiger charge is 2.34. The molecule has 0 aliphatic carbocycles. The van der Waals surface area contributed by atoms with Crippen molar-refractivity contribution in [3.05, 3.63) is 76.1 Å². The van der Waals surface area contributed by atoms with Crippen LogP contribution in [-0.2, 0) is 11.2 Å². The molecular formula is C30H32N2O5. The third kappa shape index (κ3) is 4.67. The van der Waals surface area contributed by atoms with Gasteiger partial charge in [0, 0.05) is 60.5 Å². The number of aromatic carboxylic acids is 1. The summed E-state index contributed by atoms with van der Waals surface area (Å²) in [5.41, 5.74) is 4.66. The third-order valence-electron chi connectivity index (χ3n) is 7.11. The lowest BCUT2D eigenvalue weighted by atomic mass is 9.78. The zero-order valence-electron chi connectivity index (χ0n) is 21.6. The Labute approximate surface area is 215 Å². The number of ether oxygens (including phenoxy) is 2. The summed E-state index contributed by atoms with van der Waals surface area (Å²) in [6.45, 7) is 7.52. The predicted octanol–water partition coefficient (Wildman–Crippen LogP) is 5.92. The Morgan fingerprint density at radius 1 is 1.11 bits per heavy atom. The highest BCUT2D eigenvalue weighted by Crippen LogP contribution is 2.46. The lowest BCUT2D eigenvalue weighted by Gasteiger charge is -2.39. The van der Waals surface area contributed by atoms with Crippen molar-refractivity contribution in [1.82, 2.24) is 9.55 Å². The number of hydrogen-bond donors (Lipinski definition) is 2. The van der Waals surface area contributed by atoms with E-state index in [1.807, 2.05) is 22.8 Å². The van der Waals surface area contributed by atoms with Crippen molar-refractivity contribution >= 4 is 16.9 Å². The van der Waals surface area contributed by atoms with E-state index in [4.69, 9.17) is 9.47 Å². The number of methoxy groups -OCH3 is 1. The average Bonchev–Trinajstić information content (AvgIpc) is 3.28. The second-order valence-electron chi connectivity index (χ2n) is 10.7. The van der Waals surface area contributed by atoms with Crippen LogP contribution in [0.25, 0.3) is 33.4 Å². The molecule has 3 heterocycles. The normalized spacial score (nSPS) is 14.9. The van der Waals surface area contributed by atoms with Crippen LogP contribution < -0.4 is 10.2 Å². The molecule has 1 atom stereocenters. The van der Waals surface area contributed by atoms with E-state index in [2.05, 4.69) is 50.0 Å². The second-order valence-corrected chi connectivity index (χ2v) is 10.7. The number of para-hydroxylation sites is 1. The lowest BCUT2D eigenvalue weighted by molar-refractivity contribution is 0.0693. The fourth-order valence-electron chi connectivity index (χ4n) is 5.18. The van der Waals surface area contributed by atoms with Crippen LogP contribution in [0.4, 0.5) is 0 Å². The number of hydrogen-bond acceptors (Lipinski definition) is 4. The Morgan fingerprint density at radius 2 is 1.89 bits per heavy atom. The van der Waals surface area contributed by atoms with E-state index in [0.29, 0.717) is 19.6 Å². The van der Waals surface area contributed by atoms with Crippen molar-refractivity contribution in [2.45, 2.75) is 39.7 Å². The minimum atomic E-state index is -1.21. The third-order valence-corrected chi connectivity index (χ3v) is 7.11. The first-order valence-electron chi connectivity index (χ1n) is 12.5. The summed E-state index contributed by atoms with van der Waals surface area (Å²) >= 11 is 0. The fraction of sp³-hybridized carbons (Fsp3) is 0.333. The van der Waals surface area contributed by atoms with Gasteiger partial charge >= 0.3 is 5.97 Å². The predicted molar refractivity (Wildman–Crippen MR) is 145 cm³/mol. The van der Waals surface area contributed by atoms with Gasteiger partial charge in [-0.25, -0.2) is 4.79 Å². The molecule has 0 radical (unpaired) electrons. The summed E-state index contributed by atoms with van der Waals surface area (Å²) in [5, 5.41) is 10.7. The Bertz CT molecular complexity index is 1510. The molecule has 0 unspecified atom stereocenters. The van der Waals surface area contributed by atoms with E-state index in [0.717, 1.165) is 51.2 Å². The highest BCUT2D eigenvalue weighted by atomic mass is 16.5. The number of aromatic nitrogens is 2. The highest BCUT2D eigenvalue weighted by molar-refractivity contribution is 5.90. The molecule has 0 amide bonds. The Balaban J connectivity index is 1.71. The molecule has 0 saturated heterocycles. The van der Waals surface area contributed by atoms with Gasteiger partial charge in [0.1, 0.15) is 11.3 Å². The van der Waals surface area contributed by atoms with Crippen LogP contribution >= 0.6 is 0 Å². The van der Waals surface area contributed by atoms with Crippen LogP contribution in [0.1, 0.15) is 49.2 Å². The standard InChI is InChI=1S/C30H32N2O5/c1-30(2,3)28-14-19-13-27(37-11-7-10-36-4)21(24-12-18-8-5-6-9-23(18)31-24)15-20(19)25-16-26(33)22(29(34)35)17-32(25)28/h5-6,8-9,12-13,15-17,28,31H,7,10-11,14H2,1-4H3,(H,34,35)/t28-/m0/s1. The first kappa shape index (κ1) is 24.8. The molecule has 0 bridgehead atoms. The molecule has 0 fully saturated rings. The summed E-state index contributed by atoms with van der Waals surface area (Å²) < 4.78 is 13.5. The number of pyridine rings is 1. The molecule has 0 spiro atoms. The van der Waals surface area contributed by atoms with Gasteiger partial charge in [-0.3, -0.25) is 4.79 Å². The van der Waals surface area contributed by atoms with E-state index >= 15 is 0 Å². The van der Waals surface area contributed by atoms with Crippen molar-refractivity contribution in [3.8, 4) is 28.3 Å². The van der Waals surface area contributed by atoms with Gasteiger partial charge in [0.15, 0.2) is 5.43 Å². The molecule has 0 saturated carbocycles. The number of rotatable bonds is 7. The Kier molecular flexibility index (Phi) is 6.42. The molecule has 1 aliphatic heterocycles. The number of H-pyrrole nitrogens is 1. The quantitative estimate of drug-likeness (QED) is 0.307. The topological polar surface area (TPSA) is 93.6 Å². The molecule has 7 heteroatoms. The van der Waals surface area contributed by atoms with Gasteiger partial charge in [-0.1, -0.05) is 39.0 Å². The van der Waals surface area contributed by atoms with Crippen LogP contribution in [-0.4, -0.2) is 41.0 Å². The van der Waals surface area contributed by atoms with E-state index < -0.39 is 11.4 Å². The monoisotopic (exact) mass is 500 g/mol. The van der Waals surface area contributed by atoms with Crippen LogP contribution in [0.15, 0.2) is 59.5 Å². The number of aromatic amines is 1. The smallest absolute Gasteiger partial charge is 0.341 e. The number of carbonyl (C=O) groups is 1. The number of benzene rings is 2. The minimum Gasteiger partial charge on any atom is -0.493 e. The second kappa shape index (κ2) is 9.56. The molecule has 2 N–H and O–H groups in total. The summed E-state index contributed by atoms with van der Waals surface area (Å²) in [6.07, 6.45) is 2.96. The molecule has 4 aromatic rings. The summed E-state index contributed by atoms with van der Waals surface area (Å²) in [5.74, 6) is -0.440. The Morgan fingerprint density at radius 3 is 2.59 bits per heavy atom. The molecule has 192 valence electrons. The van der Waals surface area contributed by atoms with Crippen LogP contribution in [0.5, 0.6) is 5.75 Å². The van der Waals surface area contributed by atoms with E-state index in [-0.39, 0.29) is 17.0 Å². The van der Waals surface area contributed by atoms with Gasteiger partial charge in [0.25, 0.3) is 0 Å². The van der Waals surface area contributed by atoms with Gasteiger partial charge in [-0.05, 0) is 41.7 Å².